The molecular weight excluding hydrogens is 541 g/mol. The molecule has 0 saturated carbocycles. The zero-order valence-electron chi connectivity index (χ0n) is 23.0. The van der Waals surface area contributed by atoms with Gasteiger partial charge in [-0.3, -0.25) is 4.79 Å². The monoisotopic (exact) mass is 571 g/mol. The first kappa shape index (κ1) is 28.7. The summed E-state index contributed by atoms with van der Waals surface area (Å²) < 4.78 is 30.5. The number of benzene rings is 2. The van der Waals surface area contributed by atoms with Crippen molar-refractivity contribution in [3.63, 3.8) is 0 Å². The minimum Gasteiger partial charge on any atom is -0.497 e. The Kier molecular flexibility index (Phi) is 9.33. The number of nitriles is 1. The average molecular weight is 572 g/mol. The van der Waals surface area contributed by atoms with Crippen molar-refractivity contribution in [3.8, 4) is 34.5 Å². The maximum absolute atomic E-state index is 13.7. The molecule has 0 bridgehead atoms. The number of anilines is 1. The van der Waals surface area contributed by atoms with Crippen molar-refractivity contribution in [2.75, 3.05) is 32.2 Å². The first-order valence-electron chi connectivity index (χ1n) is 13.5. The van der Waals surface area contributed by atoms with Crippen molar-refractivity contribution in [2.24, 2.45) is 5.92 Å². The molecule has 0 spiro atoms. The molecule has 0 radical (unpaired) electrons. The summed E-state index contributed by atoms with van der Waals surface area (Å²) in [6.07, 6.45) is 1.58. The van der Waals surface area contributed by atoms with Crippen LogP contribution in [0.1, 0.15) is 17.8 Å². The molecule has 0 aliphatic carbocycles. The molecule has 42 heavy (non-hydrogen) atoms. The lowest BCUT2D eigenvalue weighted by atomic mass is 10.1. The number of methoxy groups -OCH3 is 1. The molecule has 11 nitrogen and oxygen atoms in total. The fourth-order valence-electron chi connectivity index (χ4n) is 4.38. The van der Waals surface area contributed by atoms with E-state index in [1.165, 1.54) is 12.1 Å². The number of rotatable bonds is 11. The van der Waals surface area contributed by atoms with Crippen LogP contribution in [0.4, 0.5) is 10.3 Å². The number of carbonyl (C=O) groups is 1. The van der Waals surface area contributed by atoms with Gasteiger partial charge in [0.05, 0.1) is 62.2 Å². The maximum atomic E-state index is 13.7. The van der Waals surface area contributed by atoms with Crippen molar-refractivity contribution in [3.05, 3.63) is 78.0 Å². The van der Waals surface area contributed by atoms with E-state index in [1.54, 1.807) is 31.5 Å². The minimum atomic E-state index is -0.611. The molecule has 1 amide bonds. The summed E-state index contributed by atoms with van der Waals surface area (Å²) in [5.41, 5.74) is 3.57. The lowest BCUT2D eigenvalue weighted by molar-refractivity contribution is -0.200. The Balaban J connectivity index is 1.31. The number of ether oxygens (including phenoxy) is 3. The fourth-order valence-corrected chi connectivity index (χ4v) is 4.38. The summed E-state index contributed by atoms with van der Waals surface area (Å²) in [7, 11) is 1.63. The van der Waals surface area contributed by atoms with Gasteiger partial charge in [-0.05, 0) is 48.0 Å². The predicted octanol–water partition coefficient (Wildman–Crippen LogP) is 3.85. The van der Waals surface area contributed by atoms with Gasteiger partial charge in [0.15, 0.2) is 6.29 Å². The Morgan fingerprint density at radius 2 is 1.88 bits per heavy atom. The van der Waals surface area contributed by atoms with E-state index in [4.69, 9.17) is 29.4 Å². The number of carbonyl (C=O) groups excluding carboxylic acids is 1. The third-order valence-corrected chi connectivity index (χ3v) is 6.63. The topological polar surface area (TPSA) is 147 Å². The van der Waals surface area contributed by atoms with Gasteiger partial charge in [-0.2, -0.15) is 5.26 Å². The Morgan fingerprint density at radius 3 is 2.60 bits per heavy atom. The second kappa shape index (κ2) is 13.7. The van der Waals surface area contributed by atoms with Gasteiger partial charge in [0.1, 0.15) is 17.4 Å². The molecule has 3 N–H and O–H groups in total. The quantitative estimate of drug-likeness (QED) is 0.228. The van der Waals surface area contributed by atoms with Crippen LogP contribution in [0.2, 0.25) is 0 Å². The van der Waals surface area contributed by atoms with Gasteiger partial charge in [0, 0.05) is 24.8 Å². The molecule has 3 heterocycles. The zero-order chi connectivity index (χ0) is 29.3. The molecule has 5 rings (SSSR count). The Morgan fingerprint density at radius 1 is 1.12 bits per heavy atom. The van der Waals surface area contributed by atoms with Gasteiger partial charge < -0.3 is 29.8 Å². The molecule has 1 fully saturated rings. The van der Waals surface area contributed by atoms with Gasteiger partial charge in [0.25, 0.3) is 0 Å². The van der Waals surface area contributed by atoms with Gasteiger partial charge in [-0.15, -0.1) is 0 Å². The highest BCUT2D eigenvalue weighted by atomic mass is 19.1. The number of amides is 1. The first-order valence-corrected chi connectivity index (χ1v) is 13.5. The number of hydrogen-bond donors (Lipinski definition) is 3. The predicted molar refractivity (Wildman–Crippen MR) is 151 cm³/mol. The minimum absolute atomic E-state index is 0.191. The molecule has 0 unspecified atom stereocenters. The van der Waals surface area contributed by atoms with Crippen LogP contribution in [0.5, 0.6) is 5.75 Å². The van der Waals surface area contributed by atoms with Gasteiger partial charge in [0.2, 0.25) is 11.9 Å². The van der Waals surface area contributed by atoms with Crippen LogP contribution in [0.3, 0.4) is 0 Å². The summed E-state index contributed by atoms with van der Waals surface area (Å²) in [6, 6.07) is 17.5. The van der Waals surface area contributed by atoms with Crippen LogP contribution >= 0.6 is 0 Å². The SMILES string of the molecule is COc1ccc(CNc2nccc(-c3[nH]c(CC4OCC(C(=O)NCCC#N)CO4)nc3-c3ccc(F)cc3)n2)cc1. The highest BCUT2D eigenvalue weighted by Crippen LogP contribution is 2.30. The van der Waals surface area contributed by atoms with E-state index < -0.39 is 12.2 Å². The smallest absolute Gasteiger partial charge is 0.227 e. The van der Waals surface area contributed by atoms with E-state index in [9.17, 15) is 9.18 Å². The number of imidazole rings is 1. The van der Waals surface area contributed by atoms with Crippen LogP contribution in [-0.2, 0) is 27.2 Å². The Bertz CT molecular complexity index is 1530. The van der Waals surface area contributed by atoms with E-state index in [0.29, 0.717) is 53.9 Å². The summed E-state index contributed by atoms with van der Waals surface area (Å²) in [4.78, 5) is 29.4. The maximum Gasteiger partial charge on any atom is 0.227 e. The lowest BCUT2D eigenvalue weighted by Crippen LogP contribution is -2.42. The van der Waals surface area contributed by atoms with E-state index >= 15 is 0 Å². The van der Waals surface area contributed by atoms with Crippen molar-refractivity contribution < 1.29 is 23.4 Å². The van der Waals surface area contributed by atoms with Gasteiger partial charge in [-0.25, -0.2) is 19.3 Å². The summed E-state index contributed by atoms with van der Waals surface area (Å²) >= 11 is 0. The zero-order valence-corrected chi connectivity index (χ0v) is 23.0. The third kappa shape index (κ3) is 7.25. The number of nitrogens with one attached hydrogen (secondary N) is 3. The van der Waals surface area contributed by atoms with E-state index in [2.05, 4.69) is 20.6 Å². The van der Waals surface area contributed by atoms with Crippen LogP contribution in [0.15, 0.2) is 60.8 Å². The van der Waals surface area contributed by atoms with E-state index in [0.717, 1.165) is 11.3 Å². The summed E-state index contributed by atoms with van der Waals surface area (Å²) in [5.74, 6) is 0.787. The van der Waals surface area contributed by atoms with Crippen LogP contribution in [0.25, 0.3) is 22.6 Å². The molecular formula is C30H30FN7O4. The van der Waals surface area contributed by atoms with Crippen molar-refractivity contribution in [1.82, 2.24) is 25.3 Å². The molecule has 1 aliphatic rings. The van der Waals surface area contributed by atoms with E-state index in [-0.39, 0.29) is 31.4 Å². The van der Waals surface area contributed by atoms with Crippen molar-refractivity contribution >= 4 is 11.9 Å². The fraction of sp³-hybridized carbons (Fsp3) is 0.300. The molecule has 2 aromatic carbocycles. The molecule has 1 aliphatic heterocycles. The number of aromatic nitrogens is 4. The number of aromatic amines is 1. The number of halogens is 1. The van der Waals surface area contributed by atoms with Crippen LogP contribution in [0, 0.1) is 23.1 Å². The average Bonchev–Trinajstić information content (AvgIpc) is 3.45. The normalized spacial score (nSPS) is 16.4. The molecule has 1 saturated heterocycles. The molecule has 2 aromatic heterocycles. The van der Waals surface area contributed by atoms with Crippen molar-refractivity contribution in [1.29, 1.82) is 5.26 Å². The summed E-state index contributed by atoms with van der Waals surface area (Å²) in [6.45, 7) is 1.19. The number of hydrogen-bond acceptors (Lipinski definition) is 9. The number of H-pyrrole nitrogens is 1. The molecule has 12 heteroatoms. The van der Waals surface area contributed by atoms with E-state index in [1.807, 2.05) is 30.3 Å². The standard InChI is InChI=1S/C30H30FN7O4/c1-40-23-9-3-19(4-10-23)16-35-30-34-14-11-24(36-30)28-27(20-5-7-22(31)8-6-20)37-25(38-28)15-26-41-17-21(18-42-26)29(39)33-13-2-12-32/h3-11,14,21,26H,2,13,15-18H2,1H3,(H,33,39)(H,37,38)(H,34,35,36). The number of nitrogens with zero attached hydrogens (tertiary/aromatic N) is 4. The second-order valence-corrected chi connectivity index (χ2v) is 9.58. The third-order valence-electron chi connectivity index (χ3n) is 6.63. The van der Waals surface area contributed by atoms with Crippen molar-refractivity contribution in [2.45, 2.75) is 25.7 Å². The van der Waals surface area contributed by atoms with Crippen LogP contribution in [-0.4, -0.2) is 59.0 Å². The Hall–Kier alpha value is -4.86. The Labute approximate surface area is 242 Å². The lowest BCUT2D eigenvalue weighted by Gasteiger charge is -2.28. The summed E-state index contributed by atoms with van der Waals surface area (Å²) in [5, 5.41) is 14.6. The highest BCUT2D eigenvalue weighted by molar-refractivity contribution is 5.79. The van der Waals surface area contributed by atoms with Gasteiger partial charge >= 0.3 is 0 Å². The molecule has 216 valence electrons. The van der Waals surface area contributed by atoms with Crippen LogP contribution < -0.4 is 15.4 Å². The van der Waals surface area contributed by atoms with Gasteiger partial charge in [-0.1, -0.05) is 12.1 Å². The second-order valence-electron chi connectivity index (χ2n) is 9.58. The highest BCUT2D eigenvalue weighted by Gasteiger charge is 2.29. The molecule has 4 aromatic rings. The largest absolute Gasteiger partial charge is 0.497 e. The first-order chi connectivity index (χ1) is 20.5. The molecule has 0 atom stereocenters.